The van der Waals surface area contributed by atoms with E-state index < -0.39 is 0 Å². The highest BCUT2D eigenvalue weighted by molar-refractivity contribution is 6.14. The van der Waals surface area contributed by atoms with Gasteiger partial charge in [-0.25, -0.2) is 4.98 Å². The number of hydrogen-bond donors (Lipinski definition) is 0. The average Bonchev–Trinajstić information content (AvgIpc) is 3.69. The smallest absolute Gasteiger partial charge is 0.229 e. The minimum absolute atomic E-state index is 0.108. The molecule has 5 aliphatic rings. The van der Waals surface area contributed by atoms with Crippen LogP contribution >= 0.6 is 0 Å². The van der Waals surface area contributed by atoms with Crippen LogP contribution in [0.3, 0.4) is 0 Å². The van der Waals surface area contributed by atoms with E-state index in [2.05, 4.69) is 124 Å². The molecule has 49 heavy (non-hydrogen) atoms. The van der Waals surface area contributed by atoms with Gasteiger partial charge in [0.1, 0.15) is 5.58 Å². The Labute approximate surface area is 284 Å². The van der Waals surface area contributed by atoms with E-state index in [1.807, 2.05) is 18.3 Å². The van der Waals surface area contributed by atoms with Gasteiger partial charge in [-0.15, -0.1) is 0 Å². The predicted octanol–water partition coefficient (Wildman–Crippen LogP) is 11.6. The number of fused-ring (bicyclic) bond motifs is 8. The molecular formula is C45H35N3O. The first kappa shape index (κ1) is 26.6. The Hall–Kier alpha value is -5.35. The molecule has 0 amide bonds. The molecule has 4 heteroatoms. The maximum atomic E-state index is 6.23. The van der Waals surface area contributed by atoms with Gasteiger partial charge in [-0.2, -0.15) is 0 Å². The monoisotopic (exact) mass is 633 g/mol. The number of hydrogen-bond acceptors (Lipinski definition) is 3. The molecule has 4 saturated carbocycles. The Kier molecular flexibility index (Phi) is 5.11. The summed E-state index contributed by atoms with van der Waals surface area (Å²) in [6, 6.07) is 45.2. The van der Waals surface area contributed by atoms with Crippen LogP contribution in [0.4, 0.5) is 17.1 Å². The molecule has 13 rings (SSSR count). The highest BCUT2D eigenvalue weighted by Crippen LogP contribution is 2.69. The lowest BCUT2D eigenvalue weighted by Gasteiger charge is -2.64. The van der Waals surface area contributed by atoms with E-state index in [0.29, 0.717) is 5.71 Å². The van der Waals surface area contributed by atoms with Crippen molar-refractivity contribution < 1.29 is 4.42 Å². The van der Waals surface area contributed by atoms with Gasteiger partial charge in [-0.05, 0) is 115 Å². The number of nitrogens with zero attached hydrogens (tertiary/aromatic N) is 3. The molecule has 236 valence electrons. The van der Waals surface area contributed by atoms with E-state index in [-0.39, 0.29) is 5.41 Å². The SMILES string of the molecule is c1ccc2c(c1)N(c1ccc3c(c1)c1ccccc1n3-c1ccnc3oc4ccccc4c13)c1ccccc1C21C2CC3CC(C2)CC1C3. The zero-order valence-corrected chi connectivity index (χ0v) is 27.2. The number of para-hydroxylation sites is 4. The third kappa shape index (κ3) is 3.32. The van der Waals surface area contributed by atoms with Crippen molar-refractivity contribution in [3.05, 3.63) is 139 Å². The fraction of sp³-hybridized carbons (Fsp3) is 0.222. The van der Waals surface area contributed by atoms with Crippen LogP contribution in [-0.4, -0.2) is 9.55 Å². The van der Waals surface area contributed by atoms with Gasteiger partial charge in [-0.1, -0.05) is 72.8 Å². The Morgan fingerprint density at radius 3 is 1.96 bits per heavy atom. The molecule has 4 aliphatic carbocycles. The quantitative estimate of drug-likeness (QED) is 0.190. The van der Waals surface area contributed by atoms with E-state index in [4.69, 9.17) is 4.42 Å². The molecule has 0 radical (unpaired) electrons. The molecule has 4 nitrogen and oxygen atoms in total. The molecule has 4 fully saturated rings. The van der Waals surface area contributed by atoms with E-state index >= 15 is 0 Å². The van der Waals surface area contributed by atoms with Gasteiger partial charge >= 0.3 is 0 Å². The van der Waals surface area contributed by atoms with Crippen molar-refractivity contribution in [2.45, 2.75) is 37.5 Å². The normalized spacial score (nSPS) is 23.2. The summed E-state index contributed by atoms with van der Waals surface area (Å²) in [7, 11) is 0. The van der Waals surface area contributed by atoms with Crippen molar-refractivity contribution in [3.63, 3.8) is 0 Å². The van der Waals surface area contributed by atoms with Gasteiger partial charge in [0.2, 0.25) is 5.71 Å². The summed E-state index contributed by atoms with van der Waals surface area (Å²) in [5.74, 6) is 3.30. The minimum Gasteiger partial charge on any atom is -0.438 e. The molecule has 8 aromatic rings. The molecule has 0 atom stereocenters. The first-order valence-electron chi connectivity index (χ1n) is 18.1. The summed E-state index contributed by atoms with van der Waals surface area (Å²) in [5, 5.41) is 4.62. The number of rotatable bonds is 2. The summed E-state index contributed by atoms with van der Waals surface area (Å²) in [5.41, 5.74) is 12.1. The van der Waals surface area contributed by atoms with Crippen LogP contribution in [-0.2, 0) is 5.41 Å². The second-order valence-electron chi connectivity index (χ2n) is 15.2. The van der Waals surface area contributed by atoms with Crippen LogP contribution in [0.5, 0.6) is 0 Å². The van der Waals surface area contributed by atoms with Crippen LogP contribution in [0.15, 0.2) is 132 Å². The molecule has 1 spiro atoms. The van der Waals surface area contributed by atoms with Crippen molar-refractivity contribution >= 4 is 60.9 Å². The molecule has 4 bridgehead atoms. The predicted molar refractivity (Wildman–Crippen MR) is 198 cm³/mol. The molecule has 3 aromatic heterocycles. The number of benzene rings is 5. The summed E-state index contributed by atoms with van der Waals surface area (Å²) in [4.78, 5) is 7.21. The van der Waals surface area contributed by atoms with Crippen LogP contribution < -0.4 is 4.90 Å². The van der Waals surface area contributed by atoms with Crippen LogP contribution in [0, 0.1) is 23.7 Å². The summed E-state index contributed by atoms with van der Waals surface area (Å²) >= 11 is 0. The topological polar surface area (TPSA) is 34.2 Å². The third-order valence-electron chi connectivity index (χ3n) is 13.0. The van der Waals surface area contributed by atoms with E-state index in [1.165, 1.54) is 71.0 Å². The minimum atomic E-state index is 0.108. The highest BCUT2D eigenvalue weighted by Gasteiger charge is 2.61. The Morgan fingerprint density at radius 2 is 1.20 bits per heavy atom. The number of pyridine rings is 1. The van der Waals surface area contributed by atoms with Crippen molar-refractivity contribution in [1.29, 1.82) is 0 Å². The Balaban J connectivity index is 1.10. The molecule has 1 aliphatic heterocycles. The van der Waals surface area contributed by atoms with E-state index in [1.54, 1.807) is 11.1 Å². The fourth-order valence-electron chi connectivity index (χ4n) is 11.6. The summed E-state index contributed by atoms with van der Waals surface area (Å²) in [6.45, 7) is 0. The fourth-order valence-corrected chi connectivity index (χ4v) is 11.6. The van der Waals surface area contributed by atoms with E-state index in [0.717, 1.165) is 45.7 Å². The Morgan fingerprint density at radius 1 is 0.571 bits per heavy atom. The lowest BCUT2D eigenvalue weighted by atomic mass is 9.41. The number of aromatic nitrogens is 2. The zero-order chi connectivity index (χ0) is 31.8. The van der Waals surface area contributed by atoms with Crippen molar-refractivity contribution in [3.8, 4) is 5.69 Å². The molecule has 0 unspecified atom stereocenters. The van der Waals surface area contributed by atoms with Gasteiger partial charge < -0.3 is 13.9 Å². The van der Waals surface area contributed by atoms with E-state index in [9.17, 15) is 0 Å². The second kappa shape index (κ2) is 9.41. The first-order valence-corrected chi connectivity index (χ1v) is 18.1. The van der Waals surface area contributed by atoms with Gasteiger partial charge in [-0.3, -0.25) is 0 Å². The Bertz CT molecular complexity index is 2580. The lowest BCUT2D eigenvalue weighted by Crippen LogP contribution is -2.57. The van der Waals surface area contributed by atoms with Crippen molar-refractivity contribution in [2.24, 2.45) is 23.7 Å². The molecule has 0 N–H and O–H groups in total. The van der Waals surface area contributed by atoms with Gasteiger partial charge in [0, 0.05) is 33.5 Å². The molecule has 0 saturated heterocycles. The van der Waals surface area contributed by atoms with Gasteiger partial charge in [0.05, 0.1) is 33.5 Å². The van der Waals surface area contributed by atoms with Crippen LogP contribution in [0.1, 0.15) is 43.2 Å². The van der Waals surface area contributed by atoms with Gasteiger partial charge in [0.15, 0.2) is 0 Å². The highest BCUT2D eigenvalue weighted by atomic mass is 16.3. The zero-order valence-electron chi connectivity index (χ0n) is 27.2. The third-order valence-corrected chi connectivity index (χ3v) is 13.0. The first-order chi connectivity index (χ1) is 24.3. The maximum absolute atomic E-state index is 6.23. The molecule has 5 aromatic carbocycles. The average molecular weight is 634 g/mol. The van der Waals surface area contributed by atoms with Gasteiger partial charge in [0.25, 0.3) is 0 Å². The van der Waals surface area contributed by atoms with Crippen LogP contribution in [0.25, 0.3) is 49.6 Å². The number of furan rings is 1. The second-order valence-corrected chi connectivity index (χ2v) is 15.2. The summed E-state index contributed by atoms with van der Waals surface area (Å²) < 4.78 is 8.64. The van der Waals surface area contributed by atoms with Crippen LogP contribution in [0.2, 0.25) is 0 Å². The summed E-state index contributed by atoms with van der Waals surface area (Å²) in [6.07, 6.45) is 8.87. The largest absolute Gasteiger partial charge is 0.438 e. The maximum Gasteiger partial charge on any atom is 0.229 e. The molecule has 4 heterocycles. The number of anilines is 3. The standard InChI is InChI=1S/C45H35N3O/c1-5-13-37-32(9-1)34-26-31(17-18-38(34)48(37)41-19-20-46-44-43(41)33-10-2-8-16-42(33)49-44)47-39-14-6-3-11-35(39)45(36-12-4-7-15-40(36)47)29-22-27-21-28(24-29)25-30(45)23-27/h1-20,26-30H,21-25H2. The van der Waals surface area contributed by atoms with Crippen molar-refractivity contribution in [1.82, 2.24) is 9.55 Å². The molecular weight excluding hydrogens is 599 g/mol. The van der Waals surface area contributed by atoms with Crippen molar-refractivity contribution in [2.75, 3.05) is 4.90 Å². The lowest BCUT2D eigenvalue weighted by molar-refractivity contribution is -0.0419.